The van der Waals surface area contributed by atoms with Gasteiger partial charge in [-0.1, -0.05) is 41.9 Å². The summed E-state index contributed by atoms with van der Waals surface area (Å²) >= 11 is 6.01. The van der Waals surface area contributed by atoms with E-state index < -0.39 is 40.5 Å². The number of hydrazone groups is 1. The zero-order chi connectivity index (χ0) is 32.3. The SMILES string of the molecule is CN1N=C2CCN(C(=O)[C@@H](COc3ccc(Cl)cc3)NC(=O)C(C)(C)NC(=O)OC(C)(C)C)C[C@@]2(Cc2ccccc2)C1=O. The molecule has 0 aliphatic carbocycles. The van der Waals surface area contributed by atoms with E-state index in [1.54, 1.807) is 57.0 Å². The molecular formula is C32H40ClN5O6. The van der Waals surface area contributed by atoms with Gasteiger partial charge in [0.15, 0.2) is 0 Å². The van der Waals surface area contributed by atoms with Crippen LogP contribution in [0.4, 0.5) is 4.79 Å². The Morgan fingerprint density at radius 2 is 1.70 bits per heavy atom. The van der Waals surface area contributed by atoms with Crippen molar-refractivity contribution in [2.75, 3.05) is 26.7 Å². The van der Waals surface area contributed by atoms with Gasteiger partial charge in [-0.15, -0.1) is 0 Å². The van der Waals surface area contributed by atoms with Crippen molar-refractivity contribution < 1.29 is 28.7 Å². The first-order chi connectivity index (χ1) is 20.6. The fourth-order valence-corrected chi connectivity index (χ4v) is 5.40. The van der Waals surface area contributed by atoms with Gasteiger partial charge in [0.2, 0.25) is 11.8 Å². The van der Waals surface area contributed by atoms with Crippen LogP contribution in [0.15, 0.2) is 59.7 Å². The molecule has 2 aromatic rings. The van der Waals surface area contributed by atoms with Gasteiger partial charge in [0.1, 0.15) is 35.0 Å². The number of hydrogen-bond acceptors (Lipinski definition) is 7. The highest BCUT2D eigenvalue weighted by molar-refractivity contribution is 6.30. The third kappa shape index (κ3) is 7.68. The number of nitrogens with zero attached hydrogens (tertiary/aromatic N) is 3. The summed E-state index contributed by atoms with van der Waals surface area (Å²) in [5, 5.41) is 11.7. The van der Waals surface area contributed by atoms with Gasteiger partial charge >= 0.3 is 6.09 Å². The molecule has 0 unspecified atom stereocenters. The number of ether oxygens (including phenoxy) is 2. The van der Waals surface area contributed by atoms with Crippen molar-refractivity contribution >= 4 is 41.1 Å². The van der Waals surface area contributed by atoms with Crippen LogP contribution in [0.3, 0.4) is 0 Å². The number of rotatable bonds is 9. The molecule has 1 fully saturated rings. The maximum Gasteiger partial charge on any atom is 0.408 e. The number of hydrogen-bond donors (Lipinski definition) is 2. The van der Waals surface area contributed by atoms with Crippen LogP contribution in [0.2, 0.25) is 5.02 Å². The summed E-state index contributed by atoms with van der Waals surface area (Å²) in [4.78, 5) is 55.3. The van der Waals surface area contributed by atoms with Gasteiger partial charge in [-0.2, -0.15) is 5.10 Å². The second-order valence-electron chi connectivity index (χ2n) is 12.7. The number of benzene rings is 2. The van der Waals surface area contributed by atoms with E-state index in [1.165, 1.54) is 18.9 Å². The van der Waals surface area contributed by atoms with Crippen molar-refractivity contribution in [1.29, 1.82) is 0 Å². The topological polar surface area (TPSA) is 130 Å². The van der Waals surface area contributed by atoms with E-state index in [0.717, 1.165) is 11.3 Å². The first-order valence-electron chi connectivity index (χ1n) is 14.5. The number of piperidine rings is 1. The summed E-state index contributed by atoms with van der Waals surface area (Å²) in [6.45, 7) is 8.38. The van der Waals surface area contributed by atoms with E-state index >= 15 is 0 Å². The second kappa shape index (κ2) is 12.9. The van der Waals surface area contributed by atoms with Crippen LogP contribution in [-0.4, -0.2) is 83.4 Å². The zero-order valence-corrected chi connectivity index (χ0v) is 26.7. The van der Waals surface area contributed by atoms with Gasteiger partial charge in [0.05, 0.1) is 5.71 Å². The lowest BCUT2D eigenvalue weighted by molar-refractivity contribution is -0.143. The van der Waals surface area contributed by atoms with E-state index in [2.05, 4.69) is 15.7 Å². The predicted octanol–water partition coefficient (Wildman–Crippen LogP) is 3.80. The summed E-state index contributed by atoms with van der Waals surface area (Å²) in [7, 11) is 1.62. The van der Waals surface area contributed by atoms with Crippen LogP contribution in [0.1, 0.15) is 46.6 Å². The largest absolute Gasteiger partial charge is 0.491 e. The molecule has 2 N–H and O–H groups in total. The fourth-order valence-electron chi connectivity index (χ4n) is 5.27. The third-order valence-electron chi connectivity index (χ3n) is 7.48. The Morgan fingerprint density at radius 1 is 1.05 bits per heavy atom. The molecule has 236 valence electrons. The minimum Gasteiger partial charge on any atom is -0.491 e. The molecule has 12 heteroatoms. The predicted molar refractivity (Wildman–Crippen MR) is 166 cm³/mol. The molecule has 0 spiro atoms. The van der Waals surface area contributed by atoms with Crippen LogP contribution in [-0.2, 0) is 25.5 Å². The molecule has 0 radical (unpaired) electrons. The number of likely N-dealkylation sites (tertiary alicyclic amines) is 1. The van der Waals surface area contributed by atoms with Crippen molar-refractivity contribution in [2.24, 2.45) is 10.5 Å². The number of alkyl carbamates (subject to hydrolysis) is 1. The van der Waals surface area contributed by atoms with E-state index in [9.17, 15) is 19.2 Å². The normalized spacial score (nSPS) is 19.1. The maximum atomic E-state index is 14.2. The van der Waals surface area contributed by atoms with Crippen LogP contribution < -0.4 is 15.4 Å². The summed E-state index contributed by atoms with van der Waals surface area (Å²) in [6, 6.07) is 15.1. The van der Waals surface area contributed by atoms with Crippen molar-refractivity contribution in [1.82, 2.24) is 20.5 Å². The lowest BCUT2D eigenvalue weighted by atomic mass is 9.73. The highest BCUT2D eigenvalue weighted by Gasteiger charge is 2.54. The monoisotopic (exact) mass is 625 g/mol. The Kier molecular flexibility index (Phi) is 9.58. The molecular weight excluding hydrogens is 586 g/mol. The van der Waals surface area contributed by atoms with Crippen molar-refractivity contribution in [2.45, 2.75) is 64.6 Å². The molecule has 11 nitrogen and oxygen atoms in total. The van der Waals surface area contributed by atoms with Gasteiger partial charge in [0.25, 0.3) is 5.91 Å². The quantitative estimate of drug-likeness (QED) is 0.436. The average molecular weight is 626 g/mol. The first-order valence-corrected chi connectivity index (χ1v) is 14.9. The Balaban J connectivity index is 1.57. The summed E-state index contributed by atoms with van der Waals surface area (Å²) in [6.07, 6.45) is 0.0107. The lowest BCUT2D eigenvalue weighted by Gasteiger charge is -2.41. The second-order valence-corrected chi connectivity index (χ2v) is 13.1. The Labute approximate surface area is 262 Å². The average Bonchev–Trinajstić information content (AvgIpc) is 3.19. The molecule has 2 atom stereocenters. The molecule has 4 rings (SSSR count). The van der Waals surface area contributed by atoms with E-state index in [-0.39, 0.29) is 19.1 Å². The minimum atomic E-state index is -1.43. The minimum absolute atomic E-state index is 0.0929. The van der Waals surface area contributed by atoms with Gasteiger partial charge < -0.3 is 25.0 Å². The number of amides is 4. The smallest absolute Gasteiger partial charge is 0.408 e. The van der Waals surface area contributed by atoms with Crippen LogP contribution in [0, 0.1) is 5.41 Å². The van der Waals surface area contributed by atoms with Gasteiger partial charge in [-0.05, 0) is 70.9 Å². The standard InChI is InChI=1S/C32H40ClN5O6/c1-30(2,3)44-29(42)35-31(4,5)27(40)34-24(19-43-23-14-12-22(33)13-15-23)26(39)38-17-16-25-32(20-38,28(41)37(6)36-25)18-21-10-8-7-9-11-21/h7-15,24H,16-20H2,1-6H3,(H,34,40)(H,35,42)/t24-,32-/m1/s1. The molecule has 2 aliphatic rings. The molecule has 2 aromatic carbocycles. The number of halogens is 1. The van der Waals surface area contributed by atoms with Crippen molar-refractivity contribution in [3.05, 3.63) is 65.2 Å². The van der Waals surface area contributed by atoms with Gasteiger partial charge in [-0.3, -0.25) is 14.4 Å². The van der Waals surface area contributed by atoms with Crippen molar-refractivity contribution in [3.8, 4) is 5.75 Å². The van der Waals surface area contributed by atoms with Crippen LogP contribution >= 0.6 is 11.6 Å². The Morgan fingerprint density at radius 3 is 2.34 bits per heavy atom. The Hall–Kier alpha value is -4.12. The third-order valence-corrected chi connectivity index (χ3v) is 7.73. The van der Waals surface area contributed by atoms with Gasteiger partial charge in [0, 0.05) is 31.6 Å². The summed E-state index contributed by atoms with van der Waals surface area (Å²) < 4.78 is 11.2. The van der Waals surface area contributed by atoms with Crippen molar-refractivity contribution in [3.63, 3.8) is 0 Å². The van der Waals surface area contributed by atoms with E-state index in [1.807, 2.05) is 30.3 Å². The highest BCUT2D eigenvalue weighted by Crippen LogP contribution is 2.38. The number of nitrogens with one attached hydrogen (secondary N) is 2. The lowest BCUT2D eigenvalue weighted by Crippen LogP contribution is -2.63. The summed E-state index contributed by atoms with van der Waals surface area (Å²) in [5.74, 6) is -0.770. The molecule has 0 aromatic heterocycles. The van der Waals surface area contributed by atoms with E-state index in [4.69, 9.17) is 21.1 Å². The number of carbonyl (C=O) groups excluding carboxylic acids is 4. The maximum absolute atomic E-state index is 14.2. The molecule has 44 heavy (non-hydrogen) atoms. The fraction of sp³-hybridized carbons (Fsp3) is 0.469. The summed E-state index contributed by atoms with van der Waals surface area (Å²) in [5.41, 5.74) is -1.53. The highest BCUT2D eigenvalue weighted by atomic mass is 35.5. The Bertz CT molecular complexity index is 1420. The molecule has 0 saturated carbocycles. The molecule has 4 amide bonds. The molecule has 2 heterocycles. The first kappa shape index (κ1) is 32.8. The molecule has 2 aliphatic heterocycles. The van der Waals surface area contributed by atoms with E-state index in [0.29, 0.717) is 30.2 Å². The number of fused-ring (bicyclic) bond motifs is 1. The molecule has 1 saturated heterocycles. The van der Waals surface area contributed by atoms with Crippen LogP contribution in [0.5, 0.6) is 5.75 Å². The molecule has 0 bridgehead atoms. The number of carbonyl (C=O) groups is 4. The van der Waals surface area contributed by atoms with Crippen LogP contribution in [0.25, 0.3) is 0 Å². The van der Waals surface area contributed by atoms with Gasteiger partial charge in [-0.25, -0.2) is 9.80 Å². The zero-order valence-electron chi connectivity index (χ0n) is 26.0.